The lowest BCUT2D eigenvalue weighted by molar-refractivity contribution is -0.123. The predicted molar refractivity (Wildman–Crippen MR) is 79.2 cm³/mol. The Kier molecular flexibility index (Phi) is 5.15. The highest BCUT2D eigenvalue weighted by Gasteiger charge is 2.32. The molecule has 20 heavy (non-hydrogen) atoms. The molecule has 0 aromatic heterocycles. The van der Waals surface area contributed by atoms with Crippen LogP contribution in [-0.2, 0) is 4.79 Å². The van der Waals surface area contributed by atoms with E-state index in [2.05, 4.69) is 22.3 Å². The third-order valence-electron chi connectivity index (χ3n) is 4.21. The SMILES string of the molecule is CNC(=O)CN1CC(C(C)O)CC[C@H]1c1ccccc1. The van der Waals surface area contributed by atoms with E-state index in [1.165, 1.54) is 5.56 Å². The van der Waals surface area contributed by atoms with Crippen LogP contribution in [0.15, 0.2) is 30.3 Å². The summed E-state index contributed by atoms with van der Waals surface area (Å²) in [5.74, 6) is 0.275. The van der Waals surface area contributed by atoms with Gasteiger partial charge < -0.3 is 10.4 Å². The first-order valence-corrected chi connectivity index (χ1v) is 7.29. The number of rotatable bonds is 4. The quantitative estimate of drug-likeness (QED) is 0.877. The van der Waals surface area contributed by atoms with Crippen molar-refractivity contribution in [3.63, 3.8) is 0 Å². The van der Waals surface area contributed by atoms with Crippen molar-refractivity contribution in [2.75, 3.05) is 20.1 Å². The monoisotopic (exact) mass is 276 g/mol. The lowest BCUT2D eigenvalue weighted by Crippen LogP contribution is -2.45. The van der Waals surface area contributed by atoms with Crippen LogP contribution in [0.2, 0.25) is 0 Å². The molecule has 1 aliphatic heterocycles. The summed E-state index contributed by atoms with van der Waals surface area (Å²) < 4.78 is 0. The van der Waals surface area contributed by atoms with Crippen molar-refractivity contribution in [3.05, 3.63) is 35.9 Å². The molecule has 0 aliphatic carbocycles. The van der Waals surface area contributed by atoms with Gasteiger partial charge in [0.05, 0.1) is 12.6 Å². The number of aliphatic hydroxyl groups excluding tert-OH is 1. The van der Waals surface area contributed by atoms with Crippen LogP contribution in [0, 0.1) is 5.92 Å². The Labute approximate surface area is 120 Å². The molecule has 1 amide bonds. The third-order valence-corrected chi connectivity index (χ3v) is 4.21. The summed E-state index contributed by atoms with van der Waals surface area (Å²) >= 11 is 0. The Morgan fingerprint density at radius 3 is 2.70 bits per heavy atom. The predicted octanol–water partition coefficient (Wildman–Crippen LogP) is 1.57. The summed E-state index contributed by atoms with van der Waals surface area (Å²) in [6, 6.07) is 10.6. The van der Waals surface area contributed by atoms with Crippen molar-refractivity contribution in [1.82, 2.24) is 10.2 Å². The Hall–Kier alpha value is -1.39. The average Bonchev–Trinajstić information content (AvgIpc) is 2.47. The maximum Gasteiger partial charge on any atom is 0.233 e. The van der Waals surface area contributed by atoms with E-state index in [-0.39, 0.29) is 24.0 Å². The fourth-order valence-corrected chi connectivity index (χ4v) is 2.96. The second-order valence-corrected chi connectivity index (χ2v) is 5.61. The molecule has 0 spiro atoms. The number of nitrogens with one attached hydrogen (secondary N) is 1. The molecule has 0 radical (unpaired) electrons. The van der Waals surface area contributed by atoms with Gasteiger partial charge in [0.25, 0.3) is 0 Å². The second-order valence-electron chi connectivity index (χ2n) is 5.61. The number of piperidine rings is 1. The number of likely N-dealkylation sites (tertiary alicyclic amines) is 1. The summed E-state index contributed by atoms with van der Waals surface area (Å²) in [6.07, 6.45) is 1.66. The zero-order valence-electron chi connectivity index (χ0n) is 12.2. The van der Waals surface area contributed by atoms with Gasteiger partial charge in [-0.25, -0.2) is 0 Å². The number of likely N-dealkylation sites (N-methyl/N-ethyl adjacent to an activating group) is 1. The van der Waals surface area contributed by atoms with Crippen LogP contribution in [0.4, 0.5) is 0 Å². The number of nitrogens with zero attached hydrogens (tertiary/aromatic N) is 1. The lowest BCUT2D eigenvalue weighted by Gasteiger charge is -2.40. The third kappa shape index (κ3) is 3.58. The van der Waals surface area contributed by atoms with E-state index in [1.807, 2.05) is 25.1 Å². The molecule has 1 aromatic rings. The molecule has 2 N–H and O–H groups in total. The molecule has 1 fully saturated rings. The molecule has 4 heteroatoms. The van der Waals surface area contributed by atoms with Gasteiger partial charge in [0.1, 0.15) is 0 Å². The largest absolute Gasteiger partial charge is 0.393 e. The first-order valence-electron chi connectivity index (χ1n) is 7.29. The van der Waals surface area contributed by atoms with Crippen molar-refractivity contribution in [3.8, 4) is 0 Å². The number of aliphatic hydroxyl groups is 1. The standard InChI is InChI=1S/C16H24N2O2/c1-12(19)14-8-9-15(13-6-4-3-5-7-13)18(10-14)11-16(20)17-2/h3-7,12,14-15,19H,8-11H2,1-2H3,(H,17,20)/t12?,14?,15-/m0/s1. The lowest BCUT2D eigenvalue weighted by atomic mass is 9.86. The molecule has 0 saturated carbocycles. The highest BCUT2D eigenvalue weighted by atomic mass is 16.3. The Balaban J connectivity index is 2.14. The van der Waals surface area contributed by atoms with Crippen LogP contribution in [0.25, 0.3) is 0 Å². The van der Waals surface area contributed by atoms with Gasteiger partial charge in [-0.3, -0.25) is 9.69 Å². The van der Waals surface area contributed by atoms with E-state index in [4.69, 9.17) is 0 Å². The number of amides is 1. The van der Waals surface area contributed by atoms with E-state index in [9.17, 15) is 9.90 Å². The first kappa shape index (κ1) is 15.0. The molecule has 2 unspecified atom stereocenters. The van der Waals surface area contributed by atoms with Gasteiger partial charge in [-0.1, -0.05) is 30.3 Å². The minimum Gasteiger partial charge on any atom is -0.393 e. The number of hydrogen-bond donors (Lipinski definition) is 2. The molecular weight excluding hydrogens is 252 g/mol. The van der Waals surface area contributed by atoms with E-state index in [0.717, 1.165) is 19.4 Å². The van der Waals surface area contributed by atoms with Crippen molar-refractivity contribution < 1.29 is 9.90 Å². The van der Waals surface area contributed by atoms with E-state index >= 15 is 0 Å². The summed E-state index contributed by atoms with van der Waals surface area (Å²) in [5.41, 5.74) is 1.25. The fraction of sp³-hybridized carbons (Fsp3) is 0.562. The van der Waals surface area contributed by atoms with Crippen LogP contribution in [0.3, 0.4) is 0 Å². The minimum atomic E-state index is -0.320. The van der Waals surface area contributed by atoms with Gasteiger partial charge in [-0.05, 0) is 31.2 Å². The molecule has 1 aliphatic rings. The van der Waals surface area contributed by atoms with Crippen LogP contribution >= 0.6 is 0 Å². The molecule has 0 bridgehead atoms. The summed E-state index contributed by atoms with van der Waals surface area (Å²) in [7, 11) is 1.66. The number of carbonyl (C=O) groups excluding carboxylic acids is 1. The highest BCUT2D eigenvalue weighted by Crippen LogP contribution is 2.34. The summed E-state index contributed by atoms with van der Waals surface area (Å²) in [6.45, 7) is 3.00. The molecule has 110 valence electrons. The maximum absolute atomic E-state index is 11.7. The minimum absolute atomic E-state index is 0.0252. The van der Waals surface area contributed by atoms with Crippen molar-refractivity contribution in [1.29, 1.82) is 0 Å². The van der Waals surface area contributed by atoms with Crippen molar-refractivity contribution in [2.45, 2.75) is 31.9 Å². The number of carbonyl (C=O) groups is 1. The molecule has 2 rings (SSSR count). The second kappa shape index (κ2) is 6.86. The Morgan fingerprint density at radius 2 is 2.10 bits per heavy atom. The summed E-state index contributed by atoms with van der Waals surface area (Å²) in [4.78, 5) is 13.9. The van der Waals surface area contributed by atoms with Crippen LogP contribution in [-0.4, -0.2) is 42.2 Å². The van der Waals surface area contributed by atoms with Crippen LogP contribution in [0.5, 0.6) is 0 Å². The highest BCUT2D eigenvalue weighted by molar-refractivity contribution is 5.77. The Morgan fingerprint density at radius 1 is 1.40 bits per heavy atom. The van der Waals surface area contributed by atoms with Crippen molar-refractivity contribution in [2.24, 2.45) is 5.92 Å². The zero-order chi connectivity index (χ0) is 14.5. The number of benzene rings is 1. The van der Waals surface area contributed by atoms with Crippen LogP contribution in [0.1, 0.15) is 31.4 Å². The molecule has 4 nitrogen and oxygen atoms in total. The molecule has 3 atom stereocenters. The molecular formula is C16H24N2O2. The van der Waals surface area contributed by atoms with Crippen molar-refractivity contribution >= 4 is 5.91 Å². The molecule has 1 aromatic carbocycles. The normalized spacial score (nSPS) is 25.1. The molecule has 1 heterocycles. The smallest absolute Gasteiger partial charge is 0.233 e. The van der Waals surface area contributed by atoms with Gasteiger partial charge in [-0.2, -0.15) is 0 Å². The first-order chi connectivity index (χ1) is 9.61. The van der Waals surface area contributed by atoms with Crippen LogP contribution < -0.4 is 5.32 Å². The summed E-state index contributed by atoms with van der Waals surface area (Å²) in [5, 5.41) is 12.5. The van der Waals surface area contributed by atoms with Gasteiger partial charge in [0.15, 0.2) is 0 Å². The zero-order valence-corrected chi connectivity index (χ0v) is 12.2. The average molecular weight is 276 g/mol. The van der Waals surface area contributed by atoms with Gasteiger partial charge in [-0.15, -0.1) is 0 Å². The fourth-order valence-electron chi connectivity index (χ4n) is 2.96. The van der Waals surface area contributed by atoms with E-state index in [1.54, 1.807) is 7.05 Å². The topological polar surface area (TPSA) is 52.6 Å². The molecule has 1 saturated heterocycles. The Bertz CT molecular complexity index is 433. The van der Waals surface area contributed by atoms with Gasteiger partial charge in [0.2, 0.25) is 5.91 Å². The number of hydrogen-bond acceptors (Lipinski definition) is 3. The maximum atomic E-state index is 11.7. The van der Waals surface area contributed by atoms with E-state index < -0.39 is 0 Å². The van der Waals surface area contributed by atoms with E-state index in [0.29, 0.717) is 6.54 Å². The van der Waals surface area contributed by atoms with Gasteiger partial charge >= 0.3 is 0 Å². The van der Waals surface area contributed by atoms with Gasteiger partial charge in [0, 0.05) is 19.6 Å².